The molecule has 0 aliphatic rings. The van der Waals surface area contributed by atoms with E-state index >= 15 is 0 Å². The number of halogens is 1. The van der Waals surface area contributed by atoms with Gasteiger partial charge in [-0.15, -0.1) is 6.58 Å². The molecule has 5 nitrogen and oxygen atoms in total. The molecule has 1 heterocycles. The topological polar surface area (TPSA) is 80.9 Å². The number of rotatable bonds is 6. The number of anilines is 1. The highest BCUT2D eigenvalue weighted by Crippen LogP contribution is 2.16. The minimum absolute atomic E-state index is 0.0573. The summed E-state index contributed by atoms with van der Waals surface area (Å²) in [6, 6.07) is 7.95. The average molecular weight is 303 g/mol. The number of nitrogens with two attached hydrogens (primary N) is 1. The van der Waals surface area contributed by atoms with Crippen molar-refractivity contribution in [2.75, 3.05) is 5.32 Å². The van der Waals surface area contributed by atoms with Crippen LogP contribution in [0.3, 0.4) is 0 Å². The van der Waals surface area contributed by atoms with Gasteiger partial charge in [-0.3, -0.25) is 4.79 Å². The van der Waals surface area contributed by atoms with Crippen LogP contribution in [0.5, 0.6) is 0 Å². The lowest BCUT2D eigenvalue weighted by Crippen LogP contribution is -2.16. The number of aromatic nitrogens is 2. The first-order valence-electron chi connectivity index (χ1n) is 6.35. The molecule has 21 heavy (non-hydrogen) atoms. The van der Waals surface area contributed by atoms with Crippen LogP contribution in [0.1, 0.15) is 21.5 Å². The normalized spacial score (nSPS) is 10.1. The van der Waals surface area contributed by atoms with Crippen LogP contribution in [0, 0.1) is 0 Å². The molecule has 3 N–H and O–H groups in total. The lowest BCUT2D eigenvalue weighted by atomic mass is 10.0. The van der Waals surface area contributed by atoms with E-state index in [2.05, 4.69) is 21.9 Å². The fraction of sp³-hybridized carbons (Fsp3) is 0.133. The quantitative estimate of drug-likeness (QED) is 0.635. The van der Waals surface area contributed by atoms with Gasteiger partial charge in [0, 0.05) is 12.7 Å². The zero-order chi connectivity index (χ0) is 15.2. The van der Waals surface area contributed by atoms with Gasteiger partial charge in [0.15, 0.2) is 0 Å². The maximum Gasteiger partial charge on any atom is 0.254 e. The van der Waals surface area contributed by atoms with Crippen molar-refractivity contribution in [2.24, 2.45) is 5.73 Å². The summed E-state index contributed by atoms with van der Waals surface area (Å²) in [5, 5.41) is 3.14. The molecule has 0 atom stereocenters. The zero-order valence-electron chi connectivity index (χ0n) is 11.3. The van der Waals surface area contributed by atoms with Crippen molar-refractivity contribution in [1.29, 1.82) is 0 Å². The Morgan fingerprint density at radius 3 is 2.76 bits per heavy atom. The molecule has 0 radical (unpaired) electrons. The molecule has 1 aromatic carbocycles. The monoisotopic (exact) mass is 302 g/mol. The van der Waals surface area contributed by atoms with E-state index in [4.69, 9.17) is 17.3 Å². The van der Waals surface area contributed by atoms with Gasteiger partial charge in [0.05, 0.1) is 5.56 Å². The number of hydrogen-bond donors (Lipinski definition) is 2. The number of primary amides is 1. The SMILES string of the molecule is C=CCc1ccccc1CNc1nc(Cl)ncc1C(N)=O. The van der Waals surface area contributed by atoms with Gasteiger partial charge in [0.1, 0.15) is 5.82 Å². The number of hydrogen-bond acceptors (Lipinski definition) is 4. The second-order valence-corrected chi connectivity index (χ2v) is 4.72. The van der Waals surface area contributed by atoms with Crippen molar-refractivity contribution in [2.45, 2.75) is 13.0 Å². The number of nitrogens with zero attached hydrogens (tertiary/aromatic N) is 2. The lowest BCUT2D eigenvalue weighted by molar-refractivity contribution is 0.100. The predicted octanol–water partition coefficient (Wildman–Crippen LogP) is 2.57. The third kappa shape index (κ3) is 3.79. The first kappa shape index (κ1) is 15.0. The van der Waals surface area contributed by atoms with Gasteiger partial charge in [0.25, 0.3) is 5.91 Å². The Bertz CT molecular complexity index is 672. The summed E-state index contributed by atoms with van der Waals surface area (Å²) in [5.74, 6) is -0.274. The van der Waals surface area contributed by atoms with Gasteiger partial charge in [-0.25, -0.2) is 4.98 Å². The highest BCUT2D eigenvalue weighted by atomic mass is 35.5. The molecule has 0 saturated heterocycles. The van der Waals surface area contributed by atoms with E-state index in [1.54, 1.807) is 0 Å². The summed E-state index contributed by atoms with van der Waals surface area (Å²) in [5.41, 5.74) is 7.74. The van der Waals surface area contributed by atoms with E-state index in [1.807, 2.05) is 30.3 Å². The van der Waals surface area contributed by atoms with Crippen molar-refractivity contribution in [3.05, 3.63) is 65.1 Å². The first-order chi connectivity index (χ1) is 10.1. The van der Waals surface area contributed by atoms with Gasteiger partial charge in [-0.2, -0.15) is 4.98 Å². The second-order valence-electron chi connectivity index (χ2n) is 4.38. The molecule has 0 unspecified atom stereocenters. The summed E-state index contributed by atoms with van der Waals surface area (Å²) in [6.07, 6.45) is 3.93. The molecule has 1 amide bonds. The van der Waals surface area contributed by atoms with Crippen molar-refractivity contribution < 1.29 is 4.79 Å². The largest absolute Gasteiger partial charge is 0.365 e. The maximum absolute atomic E-state index is 11.4. The molecule has 0 saturated carbocycles. The van der Waals surface area contributed by atoms with Crippen LogP contribution in [0.4, 0.5) is 5.82 Å². The number of amides is 1. The molecule has 2 aromatic rings. The van der Waals surface area contributed by atoms with Crippen LogP contribution < -0.4 is 11.1 Å². The standard InChI is InChI=1S/C15H15ClN4O/c1-2-5-10-6-3-4-7-11(10)8-18-14-12(13(17)21)9-19-15(16)20-14/h2-4,6-7,9H,1,5,8H2,(H2,17,21)(H,18,19,20). The molecule has 1 aromatic heterocycles. The molecule has 2 rings (SSSR count). The van der Waals surface area contributed by atoms with Crippen molar-refractivity contribution in [3.8, 4) is 0 Å². The molecule has 108 valence electrons. The molecular formula is C15H15ClN4O. The summed E-state index contributed by atoms with van der Waals surface area (Å²) < 4.78 is 0. The van der Waals surface area contributed by atoms with Crippen LogP contribution >= 0.6 is 11.6 Å². The number of allylic oxidation sites excluding steroid dienone is 1. The summed E-state index contributed by atoms with van der Waals surface area (Å²) in [6.45, 7) is 4.24. The number of carbonyl (C=O) groups excluding carboxylic acids is 1. The lowest BCUT2D eigenvalue weighted by Gasteiger charge is -2.11. The molecular weight excluding hydrogens is 288 g/mol. The summed E-state index contributed by atoms with van der Waals surface area (Å²) in [7, 11) is 0. The average Bonchev–Trinajstić information content (AvgIpc) is 2.46. The Hall–Kier alpha value is -2.40. The molecule has 0 spiro atoms. The Balaban J connectivity index is 2.22. The minimum Gasteiger partial charge on any atom is -0.365 e. The number of nitrogens with one attached hydrogen (secondary N) is 1. The van der Waals surface area contributed by atoms with E-state index in [0.29, 0.717) is 12.4 Å². The van der Waals surface area contributed by atoms with Crippen LogP contribution in [0.2, 0.25) is 5.28 Å². The van der Waals surface area contributed by atoms with Gasteiger partial charge < -0.3 is 11.1 Å². The fourth-order valence-corrected chi connectivity index (χ4v) is 2.07. The van der Waals surface area contributed by atoms with E-state index in [0.717, 1.165) is 17.5 Å². The Kier molecular flexibility index (Phi) is 4.90. The van der Waals surface area contributed by atoms with Gasteiger partial charge in [-0.05, 0) is 29.1 Å². The van der Waals surface area contributed by atoms with Crippen LogP contribution in [0.15, 0.2) is 43.1 Å². The van der Waals surface area contributed by atoms with E-state index in [-0.39, 0.29) is 10.8 Å². The maximum atomic E-state index is 11.4. The highest BCUT2D eigenvalue weighted by Gasteiger charge is 2.11. The molecule has 6 heteroatoms. The Morgan fingerprint density at radius 1 is 1.38 bits per heavy atom. The zero-order valence-corrected chi connectivity index (χ0v) is 12.1. The van der Waals surface area contributed by atoms with E-state index in [1.165, 1.54) is 6.20 Å². The first-order valence-corrected chi connectivity index (χ1v) is 6.73. The smallest absolute Gasteiger partial charge is 0.254 e. The number of benzene rings is 1. The predicted molar refractivity (Wildman–Crippen MR) is 83.2 cm³/mol. The van der Waals surface area contributed by atoms with Crippen molar-refractivity contribution in [1.82, 2.24) is 9.97 Å². The third-order valence-electron chi connectivity index (χ3n) is 2.95. The van der Waals surface area contributed by atoms with Crippen molar-refractivity contribution in [3.63, 3.8) is 0 Å². The summed E-state index contributed by atoms with van der Waals surface area (Å²) >= 11 is 5.76. The van der Waals surface area contributed by atoms with E-state index < -0.39 is 5.91 Å². The van der Waals surface area contributed by atoms with Crippen LogP contribution in [-0.2, 0) is 13.0 Å². The second kappa shape index (κ2) is 6.85. The van der Waals surface area contributed by atoms with E-state index in [9.17, 15) is 4.79 Å². The van der Waals surface area contributed by atoms with Gasteiger partial charge in [0.2, 0.25) is 5.28 Å². The number of carbonyl (C=O) groups is 1. The molecule has 0 aliphatic carbocycles. The van der Waals surface area contributed by atoms with Crippen LogP contribution in [-0.4, -0.2) is 15.9 Å². The van der Waals surface area contributed by atoms with Gasteiger partial charge in [-0.1, -0.05) is 30.3 Å². The van der Waals surface area contributed by atoms with Crippen molar-refractivity contribution >= 4 is 23.3 Å². The Labute approximate surface area is 127 Å². The summed E-state index contributed by atoms with van der Waals surface area (Å²) in [4.78, 5) is 19.1. The Morgan fingerprint density at radius 2 is 2.10 bits per heavy atom. The molecule has 0 bridgehead atoms. The van der Waals surface area contributed by atoms with Crippen LogP contribution in [0.25, 0.3) is 0 Å². The van der Waals surface area contributed by atoms with Gasteiger partial charge >= 0.3 is 0 Å². The minimum atomic E-state index is -0.603. The highest BCUT2D eigenvalue weighted by molar-refractivity contribution is 6.28. The molecule has 0 aliphatic heterocycles. The molecule has 0 fully saturated rings. The third-order valence-corrected chi connectivity index (χ3v) is 3.14. The fourth-order valence-electron chi connectivity index (χ4n) is 1.94.